The van der Waals surface area contributed by atoms with Gasteiger partial charge in [0.25, 0.3) is 0 Å². The third-order valence-corrected chi connectivity index (χ3v) is 6.46. The van der Waals surface area contributed by atoms with E-state index in [9.17, 15) is 28.8 Å². The van der Waals surface area contributed by atoms with Crippen LogP contribution in [0.4, 0.5) is 0 Å². The van der Waals surface area contributed by atoms with Crippen LogP contribution in [0.15, 0.2) is 0 Å². The molecule has 1 fully saturated rings. The van der Waals surface area contributed by atoms with E-state index in [1.807, 2.05) is 0 Å². The molecule has 6 atom stereocenters. The van der Waals surface area contributed by atoms with Crippen molar-refractivity contribution in [2.45, 2.75) is 145 Å². The Balaban J connectivity index is 3.97. The highest BCUT2D eigenvalue weighted by molar-refractivity contribution is 5.74. The summed E-state index contributed by atoms with van der Waals surface area (Å²) in [4.78, 5) is 78.0. The van der Waals surface area contributed by atoms with Crippen molar-refractivity contribution in [3.8, 4) is 0 Å². The Morgan fingerprint density at radius 2 is 0.511 bits per heavy atom. The van der Waals surface area contributed by atoms with E-state index in [1.165, 1.54) is 0 Å². The van der Waals surface area contributed by atoms with E-state index in [2.05, 4.69) is 0 Å². The van der Waals surface area contributed by atoms with Gasteiger partial charge in [0.05, 0.1) is 0 Å². The van der Waals surface area contributed by atoms with Gasteiger partial charge in [-0.2, -0.15) is 0 Å². The van der Waals surface area contributed by atoms with Crippen LogP contribution >= 0.6 is 0 Å². The number of ether oxygens (including phenoxy) is 6. The zero-order valence-electron chi connectivity index (χ0n) is 28.8. The summed E-state index contributed by atoms with van der Waals surface area (Å²) in [5.41, 5.74) is 0. The number of carbonyl (C=O) groups is 6. The van der Waals surface area contributed by atoms with E-state index < -0.39 is 72.4 Å². The fourth-order valence-corrected chi connectivity index (χ4v) is 4.78. The van der Waals surface area contributed by atoms with Crippen molar-refractivity contribution in [3.05, 3.63) is 0 Å². The van der Waals surface area contributed by atoms with E-state index in [0.29, 0.717) is 0 Å². The number of rotatable bonds is 16. The SMILES string of the molecule is CC(=O)OC1[C@@H](OC(=O)CC(C)C)[C@H](OC(=O)CC(C)C)C(OC(=O)CC(C)C)[C@@H](OC(=O)CC(C)C)[C@H]1OC(=O)CC(C)C. The second kappa shape index (κ2) is 18.7. The summed E-state index contributed by atoms with van der Waals surface area (Å²) in [6.07, 6.45) is -9.69. The predicted octanol–water partition coefficient (Wildman–Crippen LogP) is 4.72. The second-order valence-electron chi connectivity index (χ2n) is 13.8. The van der Waals surface area contributed by atoms with Gasteiger partial charge in [0.15, 0.2) is 36.6 Å². The summed E-state index contributed by atoms with van der Waals surface area (Å²) in [6.45, 7) is 19.1. The first-order valence-electron chi connectivity index (χ1n) is 15.9. The van der Waals surface area contributed by atoms with Crippen molar-refractivity contribution in [1.29, 1.82) is 0 Å². The Labute approximate surface area is 267 Å². The van der Waals surface area contributed by atoms with Crippen molar-refractivity contribution in [2.24, 2.45) is 29.6 Å². The Morgan fingerprint density at radius 1 is 0.356 bits per heavy atom. The van der Waals surface area contributed by atoms with Crippen LogP contribution in [0, 0.1) is 29.6 Å². The molecule has 1 rings (SSSR count). The molecule has 12 heteroatoms. The molecule has 0 heterocycles. The van der Waals surface area contributed by atoms with Gasteiger partial charge in [-0.05, 0) is 29.6 Å². The molecule has 2 unspecified atom stereocenters. The van der Waals surface area contributed by atoms with E-state index in [1.54, 1.807) is 69.2 Å². The van der Waals surface area contributed by atoms with Crippen molar-refractivity contribution in [1.82, 2.24) is 0 Å². The molecule has 0 spiro atoms. The molecule has 0 saturated heterocycles. The molecule has 1 saturated carbocycles. The number of esters is 6. The van der Waals surface area contributed by atoms with Gasteiger partial charge in [-0.15, -0.1) is 0 Å². The standard InChI is InChI=1S/C33H54O12/c1-17(2)12-23(35)41-29-28(40-22(11)34)30(42-24(36)13-18(3)4)32(44-26(38)15-20(7)8)33(45-27(39)16-21(9)10)31(29)43-25(37)14-19(5)6/h17-21,28-33H,12-16H2,1-11H3/t28?,29-,30+,31-,32-,33?/m0/s1. The molecule has 45 heavy (non-hydrogen) atoms. The Hall–Kier alpha value is -3.18. The molecule has 258 valence electrons. The normalized spacial score (nSPS) is 23.2. The number of hydrogen-bond acceptors (Lipinski definition) is 12. The molecule has 0 N–H and O–H groups in total. The van der Waals surface area contributed by atoms with Gasteiger partial charge in [0, 0.05) is 39.0 Å². The Bertz CT molecular complexity index is 955. The van der Waals surface area contributed by atoms with E-state index in [4.69, 9.17) is 28.4 Å². The Morgan fingerprint density at radius 3 is 0.644 bits per heavy atom. The van der Waals surface area contributed by atoms with Gasteiger partial charge >= 0.3 is 35.8 Å². The van der Waals surface area contributed by atoms with Crippen molar-refractivity contribution >= 4 is 35.8 Å². The molecule has 1 aliphatic carbocycles. The summed E-state index contributed by atoms with van der Waals surface area (Å²) < 4.78 is 34.8. The van der Waals surface area contributed by atoms with E-state index >= 15 is 0 Å². The van der Waals surface area contributed by atoms with Gasteiger partial charge in [0.2, 0.25) is 0 Å². The molecule has 0 aromatic carbocycles. The number of hydrogen-bond donors (Lipinski definition) is 0. The average molecular weight is 643 g/mol. The minimum Gasteiger partial charge on any atom is -0.454 e. The van der Waals surface area contributed by atoms with E-state index in [-0.39, 0.29) is 61.7 Å². The molecule has 12 nitrogen and oxygen atoms in total. The lowest BCUT2D eigenvalue weighted by Crippen LogP contribution is -2.69. The Kier molecular flexibility index (Phi) is 16.6. The topological polar surface area (TPSA) is 158 Å². The smallest absolute Gasteiger partial charge is 0.306 e. The monoisotopic (exact) mass is 642 g/mol. The van der Waals surface area contributed by atoms with Crippen LogP contribution in [0.5, 0.6) is 0 Å². The molecular weight excluding hydrogens is 588 g/mol. The molecule has 0 aromatic heterocycles. The van der Waals surface area contributed by atoms with Crippen LogP contribution in [-0.2, 0) is 57.2 Å². The highest BCUT2D eigenvalue weighted by Gasteiger charge is 2.61. The maximum Gasteiger partial charge on any atom is 0.306 e. The maximum absolute atomic E-state index is 13.1. The summed E-state index contributed by atoms with van der Waals surface area (Å²) in [6, 6.07) is 0. The summed E-state index contributed by atoms with van der Waals surface area (Å²) in [7, 11) is 0. The van der Waals surface area contributed by atoms with Gasteiger partial charge in [0.1, 0.15) is 0 Å². The second-order valence-corrected chi connectivity index (χ2v) is 13.8. The average Bonchev–Trinajstić information content (AvgIpc) is 2.82. The first-order valence-corrected chi connectivity index (χ1v) is 15.9. The number of carbonyl (C=O) groups excluding carboxylic acids is 6. The zero-order valence-corrected chi connectivity index (χ0v) is 28.8. The van der Waals surface area contributed by atoms with Crippen molar-refractivity contribution in [3.63, 3.8) is 0 Å². The fourth-order valence-electron chi connectivity index (χ4n) is 4.78. The van der Waals surface area contributed by atoms with Crippen LogP contribution < -0.4 is 0 Å². The van der Waals surface area contributed by atoms with Crippen LogP contribution in [0.2, 0.25) is 0 Å². The highest BCUT2D eigenvalue weighted by atomic mass is 16.7. The third-order valence-electron chi connectivity index (χ3n) is 6.46. The minimum atomic E-state index is -1.58. The summed E-state index contributed by atoms with van der Waals surface area (Å²) in [5, 5.41) is 0. The van der Waals surface area contributed by atoms with Crippen molar-refractivity contribution in [2.75, 3.05) is 0 Å². The lowest BCUT2D eigenvalue weighted by atomic mass is 9.83. The first kappa shape index (κ1) is 39.8. The molecule has 0 radical (unpaired) electrons. The minimum absolute atomic E-state index is 0.0429. The third kappa shape index (κ3) is 14.6. The molecular formula is C33H54O12. The van der Waals surface area contributed by atoms with E-state index in [0.717, 1.165) is 6.92 Å². The van der Waals surface area contributed by atoms with Crippen LogP contribution in [0.3, 0.4) is 0 Å². The lowest BCUT2D eigenvalue weighted by molar-refractivity contribution is -0.262. The summed E-state index contributed by atoms with van der Waals surface area (Å²) >= 11 is 0. The van der Waals surface area contributed by atoms with Gasteiger partial charge < -0.3 is 28.4 Å². The molecule has 0 bridgehead atoms. The van der Waals surface area contributed by atoms with Crippen LogP contribution in [-0.4, -0.2) is 72.4 Å². The predicted molar refractivity (Wildman–Crippen MR) is 162 cm³/mol. The quantitative estimate of drug-likeness (QED) is 0.169. The molecule has 0 aliphatic heterocycles. The van der Waals surface area contributed by atoms with Crippen molar-refractivity contribution < 1.29 is 57.2 Å². The first-order chi connectivity index (χ1) is 20.8. The van der Waals surface area contributed by atoms with Crippen LogP contribution in [0.1, 0.15) is 108 Å². The largest absolute Gasteiger partial charge is 0.454 e. The lowest BCUT2D eigenvalue weighted by Gasteiger charge is -2.47. The molecule has 1 aliphatic rings. The summed E-state index contributed by atoms with van der Waals surface area (Å²) in [5.74, 6) is -5.03. The maximum atomic E-state index is 13.1. The van der Waals surface area contributed by atoms with Crippen LogP contribution in [0.25, 0.3) is 0 Å². The van der Waals surface area contributed by atoms with Gasteiger partial charge in [-0.1, -0.05) is 69.2 Å². The molecule has 0 amide bonds. The zero-order chi connectivity index (χ0) is 34.6. The fraction of sp³-hybridized carbons (Fsp3) is 0.818. The molecule has 0 aromatic rings. The van der Waals surface area contributed by atoms with Gasteiger partial charge in [-0.25, -0.2) is 0 Å². The van der Waals surface area contributed by atoms with Gasteiger partial charge in [-0.3, -0.25) is 28.8 Å². The highest BCUT2D eigenvalue weighted by Crippen LogP contribution is 2.36.